The van der Waals surface area contributed by atoms with Crippen LogP contribution in [0.4, 0.5) is 5.69 Å². The van der Waals surface area contributed by atoms with Crippen LogP contribution in [0.3, 0.4) is 0 Å². The molecule has 122 valence electrons. The second kappa shape index (κ2) is 7.18. The Morgan fingerprint density at radius 1 is 1.29 bits per heavy atom. The van der Waals surface area contributed by atoms with Gasteiger partial charge in [0.25, 0.3) is 5.91 Å². The van der Waals surface area contributed by atoms with Crippen molar-refractivity contribution in [2.45, 2.75) is 6.54 Å². The van der Waals surface area contributed by atoms with Gasteiger partial charge < -0.3 is 9.15 Å². The number of nitrogens with zero attached hydrogens (tertiary/aromatic N) is 2. The van der Waals surface area contributed by atoms with Crippen molar-refractivity contribution in [3.8, 4) is 0 Å². The van der Waals surface area contributed by atoms with Gasteiger partial charge in [-0.15, -0.1) is 0 Å². The molecule has 2 aromatic rings. The van der Waals surface area contributed by atoms with Crippen molar-refractivity contribution < 1.29 is 18.7 Å². The number of rotatable bonds is 4. The third-order valence-electron chi connectivity index (χ3n) is 3.21. The van der Waals surface area contributed by atoms with Gasteiger partial charge in [0.05, 0.1) is 30.5 Å². The van der Waals surface area contributed by atoms with Crippen molar-refractivity contribution in [1.82, 2.24) is 4.90 Å². The molecule has 0 radical (unpaired) electrons. The van der Waals surface area contributed by atoms with Gasteiger partial charge in [-0.05, 0) is 36.0 Å². The van der Waals surface area contributed by atoms with Crippen molar-refractivity contribution in [3.05, 3.63) is 65.5 Å². The van der Waals surface area contributed by atoms with E-state index in [9.17, 15) is 9.59 Å². The first-order chi connectivity index (χ1) is 11.7. The number of amides is 1. The van der Waals surface area contributed by atoms with Crippen LogP contribution in [0.2, 0.25) is 0 Å². The molecule has 0 atom stereocenters. The van der Waals surface area contributed by atoms with E-state index in [1.165, 1.54) is 18.1 Å². The van der Waals surface area contributed by atoms with Gasteiger partial charge in [0, 0.05) is 6.08 Å². The number of carbonyl (C=O) groups excluding carboxylic acids is 2. The lowest BCUT2D eigenvalue weighted by atomic mass is 10.3. The maximum Gasteiger partial charge on any atom is 0.331 e. The average molecular weight is 342 g/mol. The van der Waals surface area contributed by atoms with E-state index in [-0.39, 0.29) is 17.4 Å². The minimum atomic E-state index is -0.579. The summed E-state index contributed by atoms with van der Waals surface area (Å²) in [6, 6.07) is 12.8. The zero-order valence-electron chi connectivity index (χ0n) is 12.8. The molecule has 0 unspecified atom stereocenters. The molecule has 2 heterocycles. The van der Waals surface area contributed by atoms with E-state index < -0.39 is 5.97 Å². The number of ether oxygens (including phenoxy) is 1. The molecule has 1 fully saturated rings. The van der Waals surface area contributed by atoms with Crippen molar-refractivity contribution in [2.24, 2.45) is 4.99 Å². The van der Waals surface area contributed by atoms with E-state index in [2.05, 4.69) is 9.73 Å². The van der Waals surface area contributed by atoms with Crippen LogP contribution < -0.4 is 0 Å². The number of esters is 1. The Balaban J connectivity index is 1.94. The lowest BCUT2D eigenvalue weighted by molar-refractivity contribution is -0.135. The minimum absolute atomic E-state index is 0.239. The Bertz CT molecular complexity index is 797. The van der Waals surface area contributed by atoms with Gasteiger partial charge in [0.2, 0.25) is 0 Å². The molecule has 0 aliphatic carbocycles. The number of aliphatic imine (C=N–C) groups is 1. The lowest BCUT2D eigenvalue weighted by Gasteiger charge is -2.13. The summed E-state index contributed by atoms with van der Waals surface area (Å²) in [5, 5.41) is 0.484. The topological polar surface area (TPSA) is 72.1 Å². The quantitative estimate of drug-likeness (QED) is 0.631. The molecular formula is C17H14N2O4S. The number of para-hydroxylation sites is 1. The predicted octanol–water partition coefficient (Wildman–Crippen LogP) is 3.10. The van der Waals surface area contributed by atoms with Crippen molar-refractivity contribution in [1.29, 1.82) is 0 Å². The fourth-order valence-electron chi connectivity index (χ4n) is 2.07. The first kappa shape index (κ1) is 16.1. The fourth-order valence-corrected chi connectivity index (χ4v) is 3.03. The normalized spacial score (nSPS) is 17.7. The molecule has 3 rings (SSSR count). The number of furan rings is 1. The predicted molar refractivity (Wildman–Crippen MR) is 90.5 cm³/mol. The van der Waals surface area contributed by atoms with Gasteiger partial charge in [-0.25, -0.2) is 9.79 Å². The third kappa shape index (κ3) is 3.57. The first-order valence-electron chi connectivity index (χ1n) is 7.13. The van der Waals surface area contributed by atoms with Gasteiger partial charge in [-0.2, -0.15) is 0 Å². The SMILES string of the molecule is COC(=O)/C=C1/SC(=Nc2ccccc2)N(Cc2ccco2)C1=O. The molecule has 0 bridgehead atoms. The zero-order chi connectivity index (χ0) is 16.9. The zero-order valence-corrected chi connectivity index (χ0v) is 13.7. The number of amidine groups is 1. The smallest absolute Gasteiger partial charge is 0.331 e. The highest BCUT2D eigenvalue weighted by Crippen LogP contribution is 2.33. The Morgan fingerprint density at radius 2 is 2.08 bits per heavy atom. The Labute approximate surface area is 142 Å². The summed E-state index contributed by atoms with van der Waals surface area (Å²) in [5.74, 6) is -0.259. The number of methoxy groups -OCH3 is 1. The summed E-state index contributed by atoms with van der Waals surface area (Å²) >= 11 is 1.13. The van der Waals surface area contributed by atoms with Crippen LogP contribution >= 0.6 is 11.8 Å². The molecule has 7 heteroatoms. The molecular weight excluding hydrogens is 328 g/mol. The number of hydrogen-bond donors (Lipinski definition) is 0. The van der Waals surface area contributed by atoms with Crippen LogP contribution in [-0.2, 0) is 20.9 Å². The second-order valence-corrected chi connectivity index (χ2v) is 5.84. The summed E-state index contributed by atoms with van der Waals surface area (Å²) in [7, 11) is 1.27. The van der Waals surface area contributed by atoms with Gasteiger partial charge in [-0.3, -0.25) is 9.69 Å². The van der Waals surface area contributed by atoms with Crippen molar-refractivity contribution >= 4 is 34.5 Å². The molecule has 0 N–H and O–H groups in total. The van der Waals surface area contributed by atoms with Gasteiger partial charge in [0.15, 0.2) is 5.17 Å². The Morgan fingerprint density at radius 3 is 2.75 bits per heavy atom. The molecule has 1 aromatic carbocycles. The van der Waals surface area contributed by atoms with E-state index >= 15 is 0 Å². The number of carbonyl (C=O) groups is 2. The highest BCUT2D eigenvalue weighted by Gasteiger charge is 2.34. The summed E-state index contributed by atoms with van der Waals surface area (Å²) in [6.45, 7) is 0.239. The highest BCUT2D eigenvalue weighted by atomic mass is 32.2. The minimum Gasteiger partial charge on any atom is -0.467 e. The molecule has 1 aliphatic rings. The van der Waals surface area contributed by atoms with Crippen LogP contribution in [0, 0.1) is 0 Å². The lowest BCUT2D eigenvalue weighted by Crippen LogP contribution is -2.28. The van der Waals surface area contributed by atoms with E-state index in [4.69, 9.17) is 4.42 Å². The third-order valence-corrected chi connectivity index (χ3v) is 4.22. The summed E-state index contributed by atoms with van der Waals surface area (Å²) in [5.41, 5.74) is 0.719. The average Bonchev–Trinajstić information content (AvgIpc) is 3.20. The monoisotopic (exact) mass is 342 g/mol. The molecule has 24 heavy (non-hydrogen) atoms. The number of benzene rings is 1. The maximum absolute atomic E-state index is 12.6. The van der Waals surface area contributed by atoms with Crippen LogP contribution in [0.5, 0.6) is 0 Å². The molecule has 0 saturated carbocycles. The van der Waals surface area contributed by atoms with E-state index in [0.29, 0.717) is 10.9 Å². The van der Waals surface area contributed by atoms with E-state index in [0.717, 1.165) is 17.4 Å². The number of hydrogen-bond acceptors (Lipinski definition) is 6. The van der Waals surface area contributed by atoms with E-state index in [1.807, 2.05) is 30.3 Å². The van der Waals surface area contributed by atoms with E-state index in [1.54, 1.807) is 18.4 Å². The van der Waals surface area contributed by atoms with Crippen molar-refractivity contribution in [2.75, 3.05) is 7.11 Å². The van der Waals surface area contributed by atoms with Gasteiger partial charge in [-0.1, -0.05) is 18.2 Å². The van der Waals surface area contributed by atoms with Crippen LogP contribution in [-0.4, -0.2) is 29.1 Å². The number of thioether (sulfide) groups is 1. The molecule has 1 saturated heterocycles. The first-order valence-corrected chi connectivity index (χ1v) is 7.94. The Hall–Kier alpha value is -2.80. The van der Waals surface area contributed by atoms with Gasteiger partial charge >= 0.3 is 5.97 Å². The second-order valence-electron chi connectivity index (χ2n) is 4.83. The standard InChI is InChI=1S/C17H14N2O4S/c1-22-15(20)10-14-16(21)19(11-13-8-5-9-23-13)17(24-14)18-12-6-3-2-4-7-12/h2-10H,11H2,1H3/b14-10+,18-17?. The molecule has 1 aliphatic heterocycles. The summed E-state index contributed by atoms with van der Waals surface area (Å²) in [6.07, 6.45) is 2.72. The van der Waals surface area contributed by atoms with Crippen LogP contribution in [0.15, 0.2) is 69.1 Å². The maximum atomic E-state index is 12.6. The molecule has 1 aromatic heterocycles. The van der Waals surface area contributed by atoms with Gasteiger partial charge in [0.1, 0.15) is 5.76 Å². The largest absolute Gasteiger partial charge is 0.467 e. The molecule has 1 amide bonds. The molecule has 0 spiro atoms. The molecule has 6 nitrogen and oxygen atoms in total. The van der Waals surface area contributed by atoms with Crippen LogP contribution in [0.25, 0.3) is 0 Å². The highest BCUT2D eigenvalue weighted by molar-refractivity contribution is 8.18. The fraction of sp³-hybridized carbons (Fsp3) is 0.118. The van der Waals surface area contributed by atoms with Crippen molar-refractivity contribution in [3.63, 3.8) is 0 Å². The van der Waals surface area contributed by atoms with Crippen LogP contribution in [0.1, 0.15) is 5.76 Å². The summed E-state index contributed by atoms with van der Waals surface area (Å²) in [4.78, 5) is 30.3. The Kier molecular flexibility index (Phi) is 4.81. The summed E-state index contributed by atoms with van der Waals surface area (Å²) < 4.78 is 9.91.